The number of rotatable bonds is 9. The smallest absolute Gasteiger partial charge is 0.406 e. The number of halogens is 3. The normalized spacial score (nSPS) is 13.3. The van der Waals surface area contributed by atoms with Crippen LogP contribution in [0.1, 0.15) is 52.7 Å². The van der Waals surface area contributed by atoms with E-state index in [1.807, 2.05) is 24.3 Å². The SMILES string of the molecule is N=NC(N)=NC(=O)c1ccc(CN(C(=O)NCc2ccccc2-c2cccc(OC(F)(F)F)c2)c2ccc(C3=CCCCC3)cc2)cc1. The van der Waals surface area contributed by atoms with E-state index < -0.39 is 24.3 Å². The number of guanidine groups is 1. The molecule has 3 amide bonds. The zero-order valence-corrected chi connectivity index (χ0v) is 25.8. The van der Waals surface area contributed by atoms with Gasteiger partial charge in [-0.1, -0.05) is 66.7 Å². The first-order valence-corrected chi connectivity index (χ1v) is 15.2. The van der Waals surface area contributed by atoms with Crippen LogP contribution in [0.2, 0.25) is 0 Å². The maximum absolute atomic E-state index is 13.8. The van der Waals surface area contributed by atoms with Gasteiger partial charge in [-0.25, -0.2) is 10.3 Å². The fraction of sp³-hybridized carbons (Fsp3) is 0.194. The van der Waals surface area contributed by atoms with Gasteiger partial charge in [-0.3, -0.25) is 9.69 Å². The van der Waals surface area contributed by atoms with E-state index >= 15 is 0 Å². The molecule has 5 rings (SSSR count). The number of amides is 3. The molecule has 1 aliphatic carbocycles. The molecule has 12 heteroatoms. The Morgan fingerprint density at radius 3 is 2.35 bits per heavy atom. The minimum Gasteiger partial charge on any atom is -0.406 e. The highest BCUT2D eigenvalue weighted by Crippen LogP contribution is 2.31. The molecule has 0 heterocycles. The quantitative estimate of drug-likeness (QED) is 0.0947. The maximum Gasteiger partial charge on any atom is 0.573 e. The molecule has 0 bridgehead atoms. The number of nitrogens with one attached hydrogen (secondary N) is 2. The van der Waals surface area contributed by atoms with Gasteiger partial charge in [0.25, 0.3) is 5.91 Å². The number of hydrogen-bond acceptors (Lipinski definition) is 4. The van der Waals surface area contributed by atoms with Crippen LogP contribution in [-0.4, -0.2) is 24.3 Å². The summed E-state index contributed by atoms with van der Waals surface area (Å²) < 4.78 is 42.7. The molecule has 4 aromatic carbocycles. The summed E-state index contributed by atoms with van der Waals surface area (Å²) in [5.74, 6) is -1.44. The van der Waals surface area contributed by atoms with Crippen molar-refractivity contribution in [3.63, 3.8) is 0 Å². The number of ether oxygens (including phenoxy) is 1. The molecule has 0 saturated carbocycles. The highest BCUT2D eigenvalue weighted by molar-refractivity contribution is 6.02. The zero-order chi connectivity index (χ0) is 34.1. The van der Waals surface area contributed by atoms with Gasteiger partial charge in [0.2, 0.25) is 5.96 Å². The molecule has 0 unspecified atom stereocenters. The summed E-state index contributed by atoms with van der Waals surface area (Å²) in [7, 11) is 0. The lowest BCUT2D eigenvalue weighted by Gasteiger charge is -2.24. The monoisotopic (exact) mass is 654 g/mol. The van der Waals surface area contributed by atoms with Crippen LogP contribution in [-0.2, 0) is 13.1 Å². The van der Waals surface area contributed by atoms with Crippen LogP contribution in [0, 0.1) is 5.53 Å². The highest BCUT2D eigenvalue weighted by Gasteiger charge is 2.31. The number of alkyl halides is 3. The summed E-state index contributed by atoms with van der Waals surface area (Å²) in [4.78, 5) is 31.3. The molecule has 4 aromatic rings. The molecular formula is C36H33F3N6O3. The summed E-state index contributed by atoms with van der Waals surface area (Å²) in [6.07, 6.45) is 1.79. The van der Waals surface area contributed by atoms with Crippen LogP contribution < -0.4 is 20.7 Å². The molecule has 48 heavy (non-hydrogen) atoms. The third kappa shape index (κ3) is 8.93. The van der Waals surface area contributed by atoms with Crippen LogP contribution >= 0.6 is 0 Å². The Hall–Kier alpha value is -5.78. The van der Waals surface area contributed by atoms with Crippen molar-refractivity contribution in [2.24, 2.45) is 15.8 Å². The Kier molecular flexibility index (Phi) is 10.6. The fourth-order valence-electron chi connectivity index (χ4n) is 5.45. The molecule has 0 saturated heterocycles. The Labute approximate surface area is 275 Å². The molecule has 0 spiro atoms. The van der Waals surface area contributed by atoms with Crippen molar-refractivity contribution in [1.29, 1.82) is 5.53 Å². The van der Waals surface area contributed by atoms with Gasteiger partial charge in [0, 0.05) is 17.8 Å². The fourth-order valence-corrected chi connectivity index (χ4v) is 5.45. The first kappa shape index (κ1) is 33.6. The summed E-state index contributed by atoms with van der Waals surface area (Å²) in [6, 6.07) is 26.7. The average molecular weight is 655 g/mol. The second-order valence-corrected chi connectivity index (χ2v) is 11.1. The van der Waals surface area contributed by atoms with Gasteiger partial charge < -0.3 is 15.8 Å². The number of carbonyl (C=O) groups is 2. The van der Waals surface area contributed by atoms with E-state index in [1.54, 1.807) is 59.5 Å². The second-order valence-electron chi connectivity index (χ2n) is 11.1. The lowest BCUT2D eigenvalue weighted by atomic mass is 9.93. The van der Waals surface area contributed by atoms with Gasteiger partial charge in [0.05, 0.1) is 6.54 Å². The van der Waals surface area contributed by atoms with Crippen LogP contribution in [0.3, 0.4) is 0 Å². The van der Waals surface area contributed by atoms with E-state index in [2.05, 4.69) is 26.2 Å². The maximum atomic E-state index is 13.8. The average Bonchev–Trinajstić information content (AvgIpc) is 3.09. The van der Waals surface area contributed by atoms with Crippen LogP contribution in [0.5, 0.6) is 5.75 Å². The van der Waals surface area contributed by atoms with Crippen molar-refractivity contribution >= 4 is 29.2 Å². The molecule has 0 aliphatic heterocycles. The van der Waals surface area contributed by atoms with Crippen molar-refractivity contribution in [3.8, 4) is 16.9 Å². The van der Waals surface area contributed by atoms with Gasteiger partial charge in [0.15, 0.2) is 0 Å². The third-order valence-electron chi connectivity index (χ3n) is 7.78. The summed E-state index contributed by atoms with van der Waals surface area (Å²) in [5.41, 5.74) is 18.1. The van der Waals surface area contributed by atoms with Crippen LogP contribution in [0.25, 0.3) is 16.7 Å². The number of benzene rings is 4. The predicted octanol–water partition coefficient (Wildman–Crippen LogP) is 8.61. The number of hydrogen-bond donors (Lipinski definition) is 3. The van der Waals surface area contributed by atoms with Crippen LogP contribution in [0.4, 0.5) is 23.7 Å². The van der Waals surface area contributed by atoms with E-state index in [0.29, 0.717) is 22.4 Å². The van der Waals surface area contributed by atoms with Crippen LogP contribution in [0.15, 0.2) is 113 Å². The molecule has 1 aliphatic rings. The molecule has 0 aromatic heterocycles. The Morgan fingerprint density at radius 1 is 0.917 bits per heavy atom. The summed E-state index contributed by atoms with van der Waals surface area (Å²) in [6.45, 7) is 0.253. The number of nitrogens with zero attached hydrogens (tertiary/aromatic N) is 3. The lowest BCUT2D eigenvalue weighted by molar-refractivity contribution is -0.274. The number of aliphatic imine (C=N–C) groups is 1. The second kappa shape index (κ2) is 15.2. The Bertz CT molecular complexity index is 1840. The number of carbonyl (C=O) groups excluding carboxylic acids is 2. The van der Waals surface area contributed by atoms with E-state index in [4.69, 9.17) is 11.3 Å². The summed E-state index contributed by atoms with van der Waals surface area (Å²) in [5, 5.41) is 5.90. The molecule has 9 nitrogen and oxygen atoms in total. The number of anilines is 1. The minimum atomic E-state index is -4.82. The van der Waals surface area contributed by atoms with Gasteiger partial charge in [-0.05, 0) is 95.5 Å². The standard InChI is InChI=1S/C36H33F3N6O3/c37-36(38,39)48-31-11-6-10-28(21-31)32-12-5-4-9-29(32)22-42-35(47)45(30-19-17-26(18-20-30)25-7-2-1-3-8-25)23-24-13-15-27(16-14-24)33(46)43-34(40)44-41/h4-7,9-21,41H,1-3,8,22-23H2,(H,42,47)(H2,40,43,46). The predicted molar refractivity (Wildman–Crippen MR) is 177 cm³/mol. The van der Waals surface area contributed by atoms with Crippen molar-refractivity contribution in [2.75, 3.05) is 4.90 Å². The van der Waals surface area contributed by atoms with Gasteiger partial charge in [-0.15, -0.1) is 18.3 Å². The van der Waals surface area contributed by atoms with Crippen molar-refractivity contribution in [1.82, 2.24) is 5.32 Å². The number of allylic oxidation sites excluding steroid dienone is 2. The molecule has 0 atom stereocenters. The summed E-state index contributed by atoms with van der Waals surface area (Å²) >= 11 is 0. The molecule has 0 fully saturated rings. The number of urea groups is 1. The van der Waals surface area contributed by atoms with E-state index in [1.165, 1.54) is 30.2 Å². The highest BCUT2D eigenvalue weighted by atomic mass is 19.4. The molecule has 246 valence electrons. The molecule has 4 N–H and O–H groups in total. The molecule has 0 radical (unpaired) electrons. The zero-order valence-electron chi connectivity index (χ0n) is 25.8. The largest absolute Gasteiger partial charge is 0.573 e. The molecular weight excluding hydrogens is 621 g/mol. The topological polar surface area (TPSA) is 133 Å². The first-order chi connectivity index (χ1) is 23.1. The van der Waals surface area contributed by atoms with Gasteiger partial charge >= 0.3 is 12.4 Å². The Morgan fingerprint density at radius 2 is 1.67 bits per heavy atom. The van der Waals surface area contributed by atoms with Crippen molar-refractivity contribution < 1.29 is 27.5 Å². The number of nitrogens with two attached hydrogens (primary N) is 1. The van der Waals surface area contributed by atoms with Crippen molar-refractivity contribution in [2.45, 2.75) is 45.1 Å². The van der Waals surface area contributed by atoms with Gasteiger partial charge in [0.1, 0.15) is 5.75 Å². The first-order valence-electron chi connectivity index (χ1n) is 15.2. The minimum absolute atomic E-state index is 0.0920. The van der Waals surface area contributed by atoms with Crippen molar-refractivity contribution in [3.05, 3.63) is 125 Å². The third-order valence-corrected chi connectivity index (χ3v) is 7.78. The van der Waals surface area contributed by atoms with Gasteiger partial charge in [-0.2, -0.15) is 4.99 Å². The lowest BCUT2D eigenvalue weighted by Crippen LogP contribution is -2.39. The van der Waals surface area contributed by atoms with E-state index in [9.17, 15) is 22.8 Å². The van der Waals surface area contributed by atoms with E-state index in [-0.39, 0.29) is 24.4 Å². The Balaban J connectivity index is 1.38. The van der Waals surface area contributed by atoms with E-state index in [0.717, 1.165) is 30.4 Å².